The molecular formula is C20H20N2O6. The zero-order chi connectivity index (χ0) is 20.3. The molecule has 0 aliphatic carbocycles. The predicted molar refractivity (Wildman–Crippen MR) is 103 cm³/mol. The molecule has 146 valence electrons. The van der Waals surface area contributed by atoms with Crippen LogP contribution >= 0.6 is 0 Å². The molecule has 0 unspecified atom stereocenters. The molecule has 0 bridgehead atoms. The Labute approximate surface area is 161 Å². The fourth-order valence-electron chi connectivity index (χ4n) is 2.94. The van der Waals surface area contributed by atoms with E-state index in [1.54, 1.807) is 36.4 Å². The zero-order valence-corrected chi connectivity index (χ0v) is 16.0. The van der Waals surface area contributed by atoms with Crippen LogP contribution in [0.15, 0.2) is 41.2 Å². The molecule has 0 aliphatic heterocycles. The first-order chi connectivity index (χ1) is 13.5. The minimum Gasteiger partial charge on any atom is -0.493 e. The highest BCUT2D eigenvalue weighted by molar-refractivity contribution is 5.81. The summed E-state index contributed by atoms with van der Waals surface area (Å²) in [4.78, 5) is 29.6. The minimum absolute atomic E-state index is 0.279. The Kier molecular flexibility index (Phi) is 5.49. The summed E-state index contributed by atoms with van der Waals surface area (Å²) in [5.41, 5.74) is 0.693. The van der Waals surface area contributed by atoms with Crippen LogP contribution in [0.25, 0.3) is 22.3 Å². The number of esters is 1. The van der Waals surface area contributed by atoms with E-state index in [-0.39, 0.29) is 17.9 Å². The van der Waals surface area contributed by atoms with Gasteiger partial charge in [-0.25, -0.2) is 4.98 Å². The number of fused-ring (bicyclic) bond motifs is 1. The van der Waals surface area contributed by atoms with Crippen LogP contribution < -0.4 is 19.8 Å². The Morgan fingerprint density at radius 1 is 1.00 bits per heavy atom. The van der Waals surface area contributed by atoms with Gasteiger partial charge >= 0.3 is 5.97 Å². The van der Waals surface area contributed by atoms with E-state index in [9.17, 15) is 9.59 Å². The lowest BCUT2D eigenvalue weighted by molar-refractivity contribution is -0.141. The molecular weight excluding hydrogens is 364 g/mol. The number of ether oxygens (including phenoxy) is 4. The first-order valence-corrected chi connectivity index (χ1v) is 8.40. The number of methoxy groups -OCH3 is 4. The number of hydrogen-bond donors (Lipinski definition) is 0. The average molecular weight is 384 g/mol. The Morgan fingerprint density at radius 3 is 2.21 bits per heavy atom. The van der Waals surface area contributed by atoms with Gasteiger partial charge < -0.3 is 18.9 Å². The second-order valence-electron chi connectivity index (χ2n) is 5.83. The zero-order valence-electron chi connectivity index (χ0n) is 16.0. The molecule has 8 nitrogen and oxygen atoms in total. The molecule has 0 fully saturated rings. The molecule has 0 aliphatic rings. The van der Waals surface area contributed by atoms with Crippen LogP contribution in [0.4, 0.5) is 0 Å². The summed E-state index contributed by atoms with van der Waals surface area (Å²) in [6.07, 6.45) is 0. The van der Waals surface area contributed by atoms with E-state index < -0.39 is 5.97 Å². The Hall–Kier alpha value is -3.55. The molecule has 8 heteroatoms. The normalized spacial score (nSPS) is 10.6. The van der Waals surface area contributed by atoms with Gasteiger partial charge in [0, 0.05) is 5.56 Å². The van der Waals surface area contributed by atoms with Gasteiger partial charge in [-0.3, -0.25) is 14.2 Å². The fourth-order valence-corrected chi connectivity index (χ4v) is 2.94. The summed E-state index contributed by atoms with van der Waals surface area (Å²) in [6, 6.07) is 10.3. The largest absolute Gasteiger partial charge is 0.493 e. The average Bonchev–Trinajstić information content (AvgIpc) is 2.74. The van der Waals surface area contributed by atoms with Gasteiger partial charge in [0.25, 0.3) is 5.56 Å². The quantitative estimate of drug-likeness (QED) is 0.602. The van der Waals surface area contributed by atoms with E-state index in [1.165, 1.54) is 33.0 Å². The van der Waals surface area contributed by atoms with Gasteiger partial charge in [0.15, 0.2) is 11.5 Å². The lowest BCUT2D eigenvalue weighted by Crippen LogP contribution is -2.27. The standard InChI is InChI=1S/C20H20N2O6/c1-25-15-9-12(10-16(26-2)18(15)28-4)19-21-14-8-6-5-7-13(14)20(24)22(19)11-17(23)27-3/h5-10H,11H2,1-4H3. The third-order valence-corrected chi connectivity index (χ3v) is 4.30. The van der Waals surface area contributed by atoms with Gasteiger partial charge in [-0.2, -0.15) is 0 Å². The number of aromatic nitrogens is 2. The van der Waals surface area contributed by atoms with Gasteiger partial charge in [0.05, 0.1) is 39.3 Å². The number of para-hydroxylation sites is 1. The molecule has 2 aromatic carbocycles. The van der Waals surface area contributed by atoms with Crippen LogP contribution in [0.1, 0.15) is 0 Å². The van der Waals surface area contributed by atoms with Crippen molar-refractivity contribution < 1.29 is 23.7 Å². The van der Waals surface area contributed by atoms with Crippen molar-refractivity contribution in [2.45, 2.75) is 6.54 Å². The first kappa shape index (κ1) is 19.2. The molecule has 0 saturated heterocycles. The van der Waals surface area contributed by atoms with Gasteiger partial charge in [0.2, 0.25) is 5.75 Å². The highest BCUT2D eigenvalue weighted by atomic mass is 16.5. The molecule has 0 atom stereocenters. The number of benzene rings is 2. The van der Waals surface area contributed by atoms with Crippen molar-refractivity contribution in [3.8, 4) is 28.6 Å². The lowest BCUT2D eigenvalue weighted by Gasteiger charge is -2.16. The predicted octanol–water partition coefficient (Wildman–Crippen LogP) is 2.26. The Balaban J connectivity index is 2.34. The molecule has 1 heterocycles. The molecule has 3 rings (SSSR count). The molecule has 0 radical (unpaired) electrons. The number of nitrogens with zero attached hydrogens (tertiary/aromatic N) is 2. The van der Waals surface area contributed by atoms with Crippen molar-refractivity contribution in [3.05, 3.63) is 46.8 Å². The molecule has 0 spiro atoms. The SMILES string of the molecule is COC(=O)Cn1c(-c2cc(OC)c(OC)c(OC)c2)nc2ccccc2c1=O. The van der Waals surface area contributed by atoms with Crippen LogP contribution in [0.2, 0.25) is 0 Å². The summed E-state index contributed by atoms with van der Waals surface area (Å²) in [5, 5.41) is 0.405. The van der Waals surface area contributed by atoms with Crippen LogP contribution in [-0.2, 0) is 16.1 Å². The summed E-state index contributed by atoms with van der Waals surface area (Å²) >= 11 is 0. The molecule has 0 saturated carbocycles. The van der Waals surface area contributed by atoms with E-state index in [0.717, 1.165) is 0 Å². The summed E-state index contributed by atoms with van der Waals surface area (Å²) in [7, 11) is 5.76. The van der Waals surface area contributed by atoms with Gasteiger partial charge in [-0.15, -0.1) is 0 Å². The van der Waals surface area contributed by atoms with Crippen LogP contribution in [0.3, 0.4) is 0 Å². The van der Waals surface area contributed by atoms with Crippen molar-refractivity contribution in [3.63, 3.8) is 0 Å². The van der Waals surface area contributed by atoms with Gasteiger partial charge in [-0.1, -0.05) is 12.1 Å². The maximum atomic E-state index is 13.0. The van der Waals surface area contributed by atoms with Crippen molar-refractivity contribution in [1.29, 1.82) is 0 Å². The van der Waals surface area contributed by atoms with Crippen molar-refractivity contribution >= 4 is 16.9 Å². The van der Waals surface area contributed by atoms with Crippen LogP contribution in [0, 0.1) is 0 Å². The van der Waals surface area contributed by atoms with Gasteiger partial charge in [-0.05, 0) is 24.3 Å². The maximum absolute atomic E-state index is 13.0. The van der Waals surface area contributed by atoms with E-state index in [2.05, 4.69) is 4.98 Å². The first-order valence-electron chi connectivity index (χ1n) is 8.40. The summed E-state index contributed by atoms with van der Waals surface area (Å²) in [6.45, 7) is -0.279. The molecule has 0 N–H and O–H groups in total. The monoisotopic (exact) mass is 384 g/mol. The third kappa shape index (κ3) is 3.36. The molecule has 0 amide bonds. The van der Waals surface area contributed by atoms with E-state index in [1.807, 2.05) is 0 Å². The van der Waals surface area contributed by atoms with Crippen LogP contribution in [0.5, 0.6) is 17.2 Å². The van der Waals surface area contributed by atoms with Crippen LogP contribution in [-0.4, -0.2) is 44.0 Å². The number of hydrogen-bond acceptors (Lipinski definition) is 7. The minimum atomic E-state index is -0.562. The molecule has 1 aromatic heterocycles. The Morgan fingerprint density at radius 2 is 1.64 bits per heavy atom. The topological polar surface area (TPSA) is 88.9 Å². The summed E-state index contributed by atoms with van der Waals surface area (Å²) < 4.78 is 22.1. The Bertz CT molecular complexity index is 1060. The smallest absolute Gasteiger partial charge is 0.325 e. The van der Waals surface area contributed by atoms with E-state index in [0.29, 0.717) is 33.7 Å². The number of carbonyl (C=O) groups is 1. The number of rotatable bonds is 6. The summed E-state index contributed by atoms with van der Waals surface area (Å²) in [5.74, 6) is 0.949. The van der Waals surface area contributed by atoms with Crippen molar-refractivity contribution in [1.82, 2.24) is 9.55 Å². The fraction of sp³-hybridized carbons (Fsp3) is 0.250. The van der Waals surface area contributed by atoms with E-state index >= 15 is 0 Å². The number of carbonyl (C=O) groups excluding carboxylic acids is 1. The third-order valence-electron chi connectivity index (χ3n) is 4.30. The molecule has 28 heavy (non-hydrogen) atoms. The maximum Gasteiger partial charge on any atom is 0.325 e. The highest BCUT2D eigenvalue weighted by Crippen LogP contribution is 2.40. The molecule has 3 aromatic rings. The van der Waals surface area contributed by atoms with Crippen molar-refractivity contribution in [2.75, 3.05) is 28.4 Å². The second kappa shape index (κ2) is 7.99. The highest BCUT2D eigenvalue weighted by Gasteiger charge is 2.20. The lowest BCUT2D eigenvalue weighted by atomic mass is 10.1. The van der Waals surface area contributed by atoms with E-state index in [4.69, 9.17) is 18.9 Å². The van der Waals surface area contributed by atoms with Gasteiger partial charge in [0.1, 0.15) is 12.4 Å². The van der Waals surface area contributed by atoms with Crippen molar-refractivity contribution in [2.24, 2.45) is 0 Å². The second-order valence-corrected chi connectivity index (χ2v) is 5.83.